The molecule has 1 aromatic carbocycles. The van der Waals surface area contributed by atoms with E-state index in [0.717, 1.165) is 17.0 Å². The van der Waals surface area contributed by atoms with Crippen molar-refractivity contribution in [2.75, 3.05) is 6.54 Å². The highest BCUT2D eigenvalue weighted by molar-refractivity contribution is 5.92. The molecule has 8 heteroatoms. The summed E-state index contributed by atoms with van der Waals surface area (Å²) >= 11 is 0. The van der Waals surface area contributed by atoms with Crippen LogP contribution >= 0.6 is 0 Å². The monoisotopic (exact) mass is 431 g/mol. The molecule has 0 bridgehead atoms. The van der Waals surface area contributed by atoms with Crippen molar-refractivity contribution < 1.29 is 13.7 Å². The largest absolute Gasteiger partial charge is 0.460 e. The summed E-state index contributed by atoms with van der Waals surface area (Å²) in [7, 11) is 0. The second kappa shape index (κ2) is 9.47. The summed E-state index contributed by atoms with van der Waals surface area (Å²) in [5, 5.41) is 11.4. The Balaban J connectivity index is 1.45. The van der Waals surface area contributed by atoms with Crippen LogP contribution in [0.3, 0.4) is 0 Å². The summed E-state index contributed by atoms with van der Waals surface area (Å²) < 4.78 is 12.7. The van der Waals surface area contributed by atoms with Gasteiger partial charge in [-0.2, -0.15) is 10.1 Å². The van der Waals surface area contributed by atoms with Crippen molar-refractivity contribution in [3.05, 3.63) is 77.8 Å². The predicted molar refractivity (Wildman–Crippen MR) is 120 cm³/mol. The number of hydrogen-bond donors (Lipinski definition) is 1. The second-order valence-electron chi connectivity index (χ2n) is 7.70. The minimum atomic E-state index is -0.220. The number of aromatic nitrogens is 4. The van der Waals surface area contributed by atoms with Gasteiger partial charge in [-0.05, 0) is 37.3 Å². The lowest BCUT2D eigenvalue weighted by atomic mass is 10.2. The van der Waals surface area contributed by atoms with Gasteiger partial charge in [0.2, 0.25) is 11.8 Å². The SMILES string of the molecule is Cc1ccc(-c2nn(-c3ccccc3)cc2/C=C/C(=O)NCCc2nc(C(C)C)no2)o1. The van der Waals surface area contributed by atoms with Crippen molar-refractivity contribution in [2.45, 2.75) is 33.1 Å². The molecule has 0 fully saturated rings. The van der Waals surface area contributed by atoms with Crippen molar-refractivity contribution in [3.63, 3.8) is 0 Å². The maximum absolute atomic E-state index is 12.3. The molecule has 0 aliphatic heterocycles. The summed E-state index contributed by atoms with van der Waals surface area (Å²) in [6.45, 7) is 6.28. The first-order valence-electron chi connectivity index (χ1n) is 10.5. The van der Waals surface area contributed by atoms with Gasteiger partial charge in [-0.15, -0.1) is 0 Å². The van der Waals surface area contributed by atoms with Crippen LogP contribution < -0.4 is 5.32 Å². The molecule has 0 aliphatic rings. The van der Waals surface area contributed by atoms with Crippen LogP contribution in [0.1, 0.15) is 42.8 Å². The molecule has 0 unspecified atom stereocenters. The van der Waals surface area contributed by atoms with Crippen molar-refractivity contribution in [2.24, 2.45) is 0 Å². The molecule has 1 N–H and O–H groups in total. The van der Waals surface area contributed by atoms with E-state index in [0.29, 0.717) is 36.1 Å². The minimum Gasteiger partial charge on any atom is -0.460 e. The standard InChI is InChI=1S/C24H25N5O3/c1-16(2)24-26-22(32-28-24)13-14-25-21(30)12-10-18-15-29(19-7-5-4-6-8-19)27-23(18)20-11-9-17(3)31-20/h4-12,15-16H,13-14H2,1-3H3,(H,25,30)/b12-10+. The number of furan rings is 1. The molecule has 164 valence electrons. The average molecular weight is 431 g/mol. The first kappa shape index (κ1) is 21.3. The Morgan fingerprint density at radius 3 is 2.69 bits per heavy atom. The number of amides is 1. The van der Waals surface area contributed by atoms with Gasteiger partial charge in [-0.25, -0.2) is 4.68 Å². The third kappa shape index (κ3) is 5.03. The molecule has 0 radical (unpaired) electrons. The van der Waals surface area contributed by atoms with E-state index in [2.05, 4.69) is 20.6 Å². The fourth-order valence-electron chi connectivity index (χ4n) is 3.10. The fourth-order valence-corrected chi connectivity index (χ4v) is 3.10. The predicted octanol–water partition coefficient (Wildman–Crippen LogP) is 4.32. The van der Waals surface area contributed by atoms with E-state index in [1.165, 1.54) is 6.08 Å². The van der Waals surface area contributed by atoms with E-state index < -0.39 is 0 Å². The maximum Gasteiger partial charge on any atom is 0.244 e. The minimum absolute atomic E-state index is 0.203. The van der Waals surface area contributed by atoms with Crippen LogP contribution in [0.15, 0.2) is 63.7 Å². The molecule has 4 rings (SSSR count). The summed E-state index contributed by atoms with van der Waals surface area (Å²) in [6, 6.07) is 13.5. The van der Waals surface area contributed by atoms with Gasteiger partial charge in [0, 0.05) is 36.7 Å². The zero-order chi connectivity index (χ0) is 22.5. The number of nitrogens with one attached hydrogen (secondary N) is 1. The summed E-state index contributed by atoms with van der Waals surface area (Å²) in [6.07, 6.45) is 5.57. The fraction of sp³-hybridized carbons (Fsp3) is 0.250. The Morgan fingerprint density at radius 2 is 2.00 bits per heavy atom. The number of hydrogen-bond acceptors (Lipinski definition) is 6. The van der Waals surface area contributed by atoms with Crippen molar-refractivity contribution >= 4 is 12.0 Å². The van der Waals surface area contributed by atoms with E-state index in [1.807, 2.05) is 69.4 Å². The second-order valence-corrected chi connectivity index (χ2v) is 7.70. The van der Waals surface area contributed by atoms with Crippen LogP contribution in [-0.2, 0) is 11.2 Å². The van der Waals surface area contributed by atoms with Gasteiger partial charge < -0.3 is 14.3 Å². The smallest absolute Gasteiger partial charge is 0.244 e. The van der Waals surface area contributed by atoms with Crippen LogP contribution in [0.2, 0.25) is 0 Å². The van der Waals surface area contributed by atoms with Gasteiger partial charge in [-0.3, -0.25) is 4.79 Å². The summed E-state index contributed by atoms with van der Waals surface area (Å²) in [5.74, 6) is 2.61. The van der Waals surface area contributed by atoms with Crippen molar-refractivity contribution in [3.8, 4) is 17.1 Å². The highest BCUT2D eigenvalue weighted by atomic mass is 16.5. The third-order valence-electron chi connectivity index (χ3n) is 4.79. The molecule has 32 heavy (non-hydrogen) atoms. The van der Waals surface area contributed by atoms with E-state index in [1.54, 1.807) is 10.8 Å². The molecule has 0 atom stereocenters. The van der Waals surface area contributed by atoms with Gasteiger partial charge in [-0.1, -0.05) is 37.2 Å². The topological polar surface area (TPSA) is 99.0 Å². The van der Waals surface area contributed by atoms with Gasteiger partial charge in [0.15, 0.2) is 11.6 Å². The molecule has 0 saturated heterocycles. The molecule has 3 aromatic heterocycles. The molecule has 3 heterocycles. The number of nitrogens with zero attached hydrogens (tertiary/aromatic N) is 4. The number of para-hydroxylation sites is 1. The first-order chi connectivity index (χ1) is 15.5. The Labute approximate surface area is 185 Å². The van der Waals surface area contributed by atoms with Crippen LogP contribution in [0.25, 0.3) is 23.2 Å². The number of carbonyl (C=O) groups excluding carboxylic acids is 1. The molecular weight excluding hydrogens is 406 g/mol. The highest BCUT2D eigenvalue weighted by Gasteiger charge is 2.14. The van der Waals surface area contributed by atoms with Crippen LogP contribution in [0, 0.1) is 6.92 Å². The lowest BCUT2D eigenvalue weighted by Gasteiger charge is -1.99. The van der Waals surface area contributed by atoms with E-state index in [9.17, 15) is 4.79 Å². The highest BCUT2D eigenvalue weighted by Crippen LogP contribution is 2.26. The lowest BCUT2D eigenvalue weighted by Crippen LogP contribution is -2.23. The lowest BCUT2D eigenvalue weighted by molar-refractivity contribution is -0.116. The first-order valence-corrected chi connectivity index (χ1v) is 10.5. The number of benzene rings is 1. The van der Waals surface area contributed by atoms with Gasteiger partial charge in [0.25, 0.3) is 0 Å². The number of aryl methyl sites for hydroxylation is 1. The summed E-state index contributed by atoms with van der Waals surface area (Å²) in [5.41, 5.74) is 2.36. The number of rotatable bonds is 8. The zero-order valence-electron chi connectivity index (χ0n) is 18.3. The van der Waals surface area contributed by atoms with E-state index >= 15 is 0 Å². The summed E-state index contributed by atoms with van der Waals surface area (Å²) in [4.78, 5) is 16.6. The molecule has 8 nitrogen and oxygen atoms in total. The Morgan fingerprint density at radius 1 is 1.19 bits per heavy atom. The molecular formula is C24H25N5O3. The molecule has 0 saturated carbocycles. The van der Waals surface area contributed by atoms with E-state index in [4.69, 9.17) is 8.94 Å². The molecule has 4 aromatic rings. The molecule has 0 spiro atoms. The Bertz CT molecular complexity index is 1220. The van der Waals surface area contributed by atoms with Gasteiger partial charge in [0.1, 0.15) is 11.5 Å². The Kier molecular flexibility index (Phi) is 6.30. The van der Waals surface area contributed by atoms with Gasteiger partial charge in [0.05, 0.1) is 5.69 Å². The molecule has 1 amide bonds. The maximum atomic E-state index is 12.3. The van der Waals surface area contributed by atoms with Crippen LogP contribution in [0.5, 0.6) is 0 Å². The normalized spacial score (nSPS) is 11.5. The van der Waals surface area contributed by atoms with Crippen LogP contribution in [0.4, 0.5) is 0 Å². The van der Waals surface area contributed by atoms with Crippen LogP contribution in [-0.4, -0.2) is 32.4 Å². The number of carbonyl (C=O) groups is 1. The van der Waals surface area contributed by atoms with E-state index in [-0.39, 0.29) is 11.8 Å². The zero-order valence-corrected chi connectivity index (χ0v) is 18.3. The Hall–Kier alpha value is -3.94. The van der Waals surface area contributed by atoms with Crippen molar-refractivity contribution in [1.29, 1.82) is 0 Å². The quantitative estimate of drug-likeness (QED) is 0.417. The average Bonchev–Trinajstić information content (AvgIpc) is 3.52. The van der Waals surface area contributed by atoms with Crippen molar-refractivity contribution in [1.82, 2.24) is 25.2 Å². The third-order valence-corrected chi connectivity index (χ3v) is 4.79. The molecule has 0 aliphatic carbocycles. The van der Waals surface area contributed by atoms with Gasteiger partial charge >= 0.3 is 0 Å².